The Morgan fingerprint density at radius 3 is 2.40 bits per heavy atom. The third-order valence-corrected chi connectivity index (χ3v) is 3.10. The van der Waals surface area contributed by atoms with E-state index in [4.69, 9.17) is 10.5 Å². The molecule has 0 aromatic heterocycles. The molecule has 0 fully saturated rings. The van der Waals surface area contributed by atoms with Crippen molar-refractivity contribution in [2.45, 2.75) is 0 Å². The molecule has 0 saturated carbocycles. The first-order valence-corrected chi connectivity index (χ1v) is 7.25. The molecule has 0 spiro atoms. The first kappa shape index (κ1) is 17.9. The minimum absolute atomic E-state index is 0.235. The number of amides is 2. The van der Waals surface area contributed by atoms with Crippen molar-refractivity contribution in [1.29, 1.82) is 0 Å². The molecule has 6 nitrogen and oxygen atoms in total. The topological polar surface area (TPSA) is 98.5 Å². The van der Waals surface area contributed by atoms with E-state index in [1.807, 2.05) is 0 Å². The molecule has 2 amide bonds. The number of hydrogen-bond donors (Lipinski definition) is 2. The third-order valence-electron chi connectivity index (χ3n) is 3.10. The number of benzene rings is 2. The number of esters is 1. The molecule has 128 valence electrons. The Balaban J connectivity index is 1.82. The van der Waals surface area contributed by atoms with E-state index in [9.17, 15) is 18.8 Å². The van der Waals surface area contributed by atoms with Crippen molar-refractivity contribution >= 4 is 29.5 Å². The Labute approximate surface area is 143 Å². The number of ether oxygens (including phenoxy) is 1. The van der Waals surface area contributed by atoms with Crippen LogP contribution in [0.5, 0.6) is 0 Å². The van der Waals surface area contributed by atoms with E-state index < -0.39 is 30.2 Å². The number of primary amides is 1. The molecule has 0 aliphatic heterocycles. The van der Waals surface area contributed by atoms with E-state index >= 15 is 0 Å². The summed E-state index contributed by atoms with van der Waals surface area (Å²) in [5, 5.41) is 2.49. The van der Waals surface area contributed by atoms with Crippen LogP contribution in [0.25, 0.3) is 6.08 Å². The van der Waals surface area contributed by atoms with E-state index in [1.54, 1.807) is 6.07 Å². The van der Waals surface area contributed by atoms with Gasteiger partial charge in [0.1, 0.15) is 5.82 Å². The molecule has 0 heterocycles. The lowest BCUT2D eigenvalue weighted by Crippen LogP contribution is -2.20. The highest BCUT2D eigenvalue weighted by Gasteiger charge is 2.07. The van der Waals surface area contributed by atoms with Crippen LogP contribution in [0, 0.1) is 5.82 Å². The molecule has 0 aliphatic carbocycles. The number of anilines is 1. The second kappa shape index (κ2) is 8.39. The molecule has 0 saturated heterocycles. The predicted molar refractivity (Wildman–Crippen MR) is 90.0 cm³/mol. The van der Waals surface area contributed by atoms with Gasteiger partial charge in [0.25, 0.3) is 5.91 Å². The lowest BCUT2D eigenvalue weighted by molar-refractivity contribution is -0.142. The largest absolute Gasteiger partial charge is 0.452 e. The summed E-state index contributed by atoms with van der Waals surface area (Å²) in [5.74, 6) is -2.38. The van der Waals surface area contributed by atoms with Gasteiger partial charge in [-0.2, -0.15) is 0 Å². The Bertz CT molecular complexity index is 816. The third kappa shape index (κ3) is 5.58. The number of rotatable bonds is 6. The van der Waals surface area contributed by atoms with Crippen molar-refractivity contribution in [1.82, 2.24) is 0 Å². The molecule has 0 atom stereocenters. The molecule has 0 unspecified atom stereocenters. The van der Waals surface area contributed by atoms with Crippen LogP contribution in [0.15, 0.2) is 54.6 Å². The second-order valence-electron chi connectivity index (χ2n) is 4.95. The standard InChI is InChI=1S/C18H15FN2O4/c19-15-4-2-1-3-12(15)7-10-17(23)25-11-16(22)21-14-8-5-13(6-9-14)18(20)24/h1-10H,11H2,(H2,20,24)(H,21,22). The lowest BCUT2D eigenvalue weighted by Gasteiger charge is -2.06. The van der Waals surface area contributed by atoms with E-state index in [2.05, 4.69) is 5.32 Å². The fourth-order valence-electron chi connectivity index (χ4n) is 1.87. The van der Waals surface area contributed by atoms with Gasteiger partial charge in [0.05, 0.1) is 0 Å². The smallest absolute Gasteiger partial charge is 0.331 e. The summed E-state index contributed by atoms with van der Waals surface area (Å²) in [6.07, 6.45) is 2.30. The van der Waals surface area contributed by atoms with Crippen LogP contribution in [-0.4, -0.2) is 24.4 Å². The molecule has 2 aromatic carbocycles. The van der Waals surface area contributed by atoms with E-state index in [0.717, 1.165) is 6.08 Å². The Morgan fingerprint density at radius 1 is 1.08 bits per heavy atom. The second-order valence-corrected chi connectivity index (χ2v) is 4.95. The van der Waals surface area contributed by atoms with Gasteiger partial charge in [-0.3, -0.25) is 9.59 Å². The Kier molecular flexibility index (Phi) is 6.00. The molecule has 25 heavy (non-hydrogen) atoms. The molecular weight excluding hydrogens is 327 g/mol. The SMILES string of the molecule is NC(=O)c1ccc(NC(=O)COC(=O)C=Cc2ccccc2F)cc1. The van der Waals surface area contributed by atoms with Gasteiger partial charge in [-0.25, -0.2) is 9.18 Å². The number of carbonyl (C=O) groups excluding carboxylic acids is 3. The molecule has 2 aromatic rings. The van der Waals surface area contributed by atoms with Gasteiger partial charge in [-0.1, -0.05) is 18.2 Å². The average Bonchev–Trinajstić information content (AvgIpc) is 2.59. The van der Waals surface area contributed by atoms with E-state index in [1.165, 1.54) is 48.5 Å². The quantitative estimate of drug-likeness (QED) is 0.620. The molecule has 7 heteroatoms. The summed E-state index contributed by atoms with van der Waals surface area (Å²) in [4.78, 5) is 34.2. The normalized spacial score (nSPS) is 10.4. The van der Waals surface area contributed by atoms with Crippen LogP contribution in [-0.2, 0) is 14.3 Å². The van der Waals surface area contributed by atoms with Gasteiger partial charge in [0.2, 0.25) is 5.91 Å². The van der Waals surface area contributed by atoms with Crippen molar-refractivity contribution in [3.05, 3.63) is 71.6 Å². The highest BCUT2D eigenvalue weighted by atomic mass is 19.1. The number of nitrogens with two attached hydrogens (primary N) is 1. The highest BCUT2D eigenvalue weighted by molar-refractivity contribution is 5.96. The van der Waals surface area contributed by atoms with Crippen LogP contribution in [0.4, 0.5) is 10.1 Å². The molecule has 0 bridgehead atoms. The monoisotopic (exact) mass is 342 g/mol. The van der Waals surface area contributed by atoms with Gasteiger partial charge in [0.15, 0.2) is 6.61 Å². The van der Waals surface area contributed by atoms with Crippen molar-refractivity contribution < 1.29 is 23.5 Å². The van der Waals surface area contributed by atoms with Gasteiger partial charge < -0.3 is 15.8 Å². The van der Waals surface area contributed by atoms with Crippen LogP contribution < -0.4 is 11.1 Å². The van der Waals surface area contributed by atoms with Crippen LogP contribution in [0.3, 0.4) is 0 Å². The van der Waals surface area contributed by atoms with Crippen molar-refractivity contribution in [2.24, 2.45) is 5.73 Å². The first-order chi connectivity index (χ1) is 12.0. The maximum absolute atomic E-state index is 13.4. The fourth-order valence-corrected chi connectivity index (χ4v) is 1.87. The minimum Gasteiger partial charge on any atom is -0.452 e. The molecule has 3 N–H and O–H groups in total. The van der Waals surface area contributed by atoms with Crippen LogP contribution in [0.2, 0.25) is 0 Å². The number of carbonyl (C=O) groups is 3. The number of hydrogen-bond acceptors (Lipinski definition) is 4. The Morgan fingerprint density at radius 2 is 1.76 bits per heavy atom. The summed E-state index contributed by atoms with van der Waals surface area (Å²) in [7, 11) is 0. The first-order valence-electron chi connectivity index (χ1n) is 7.25. The molecule has 0 aliphatic rings. The van der Waals surface area contributed by atoms with Crippen molar-refractivity contribution in [2.75, 3.05) is 11.9 Å². The molecular formula is C18H15FN2O4. The zero-order valence-corrected chi connectivity index (χ0v) is 13.1. The van der Waals surface area contributed by atoms with Crippen LogP contribution in [0.1, 0.15) is 15.9 Å². The summed E-state index contributed by atoms with van der Waals surface area (Å²) in [6, 6.07) is 11.8. The van der Waals surface area contributed by atoms with Crippen molar-refractivity contribution in [3.63, 3.8) is 0 Å². The summed E-state index contributed by atoms with van der Waals surface area (Å²) in [6.45, 7) is -0.502. The maximum atomic E-state index is 13.4. The lowest BCUT2D eigenvalue weighted by atomic mass is 10.2. The van der Waals surface area contributed by atoms with Gasteiger partial charge >= 0.3 is 5.97 Å². The van der Waals surface area contributed by atoms with E-state index in [0.29, 0.717) is 11.3 Å². The number of halogens is 1. The number of nitrogens with one attached hydrogen (secondary N) is 1. The summed E-state index contributed by atoms with van der Waals surface area (Å²) >= 11 is 0. The highest BCUT2D eigenvalue weighted by Crippen LogP contribution is 2.10. The van der Waals surface area contributed by atoms with Crippen molar-refractivity contribution in [3.8, 4) is 0 Å². The molecule has 2 rings (SSSR count). The predicted octanol–water partition coefficient (Wildman–Crippen LogP) is 2.12. The maximum Gasteiger partial charge on any atom is 0.331 e. The molecule has 0 radical (unpaired) electrons. The zero-order chi connectivity index (χ0) is 18.2. The van der Waals surface area contributed by atoms with Gasteiger partial charge in [0, 0.05) is 22.9 Å². The van der Waals surface area contributed by atoms with Crippen LogP contribution >= 0.6 is 0 Å². The van der Waals surface area contributed by atoms with Gasteiger partial charge in [-0.15, -0.1) is 0 Å². The summed E-state index contributed by atoms with van der Waals surface area (Å²) < 4.78 is 18.1. The average molecular weight is 342 g/mol. The van der Waals surface area contributed by atoms with E-state index in [-0.39, 0.29) is 5.56 Å². The zero-order valence-electron chi connectivity index (χ0n) is 13.1. The minimum atomic E-state index is -0.775. The Hall–Kier alpha value is -3.48. The fraction of sp³-hybridized carbons (Fsp3) is 0.0556. The summed E-state index contributed by atoms with van der Waals surface area (Å²) in [5.41, 5.74) is 6.08. The van der Waals surface area contributed by atoms with Gasteiger partial charge in [-0.05, 0) is 36.4 Å².